The Morgan fingerprint density at radius 1 is 1.45 bits per heavy atom. The molecule has 0 spiro atoms. The number of hydrogen-bond acceptors (Lipinski definition) is 3. The molecule has 2 unspecified atom stereocenters. The van der Waals surface area contributed by atoms with Crippen LogP contribution in [0.4, 0.5) is 0 Å². The summed E-state index contributed by atoms with van der Waals surface area (Å²) in [6.45, 7) is 7.60. The summed E-state index contributed by atoms with van der Waals surface area (Å²) < 4.78 is 5.24. The summed E-state index contributed by atoms with van der Waals surface area (Å²) in [7, 11) is 0. The zero-order chi connectivity index (χ0) is 9.07. The first-order chi connectivity index (χ1) is 4.86. The molecule has 0 radical (unpaired) electrons. The summed E-state index contributed by atoms with van der Waals surface area (Å²) >= 11 is 0. The Kier molecular flexibility index (Phi) is 4.00. The van der Waals surface area contributed by atoms with Gasteiger partial charge in [0.25, 0.3) is 0 Å². The van der Waals surface area contributed by atoms with E-state index in [2.05, 4.69) is 0 Å². The number of ether oxygens (including phenoxy) is 1. The molecule has 0 bridgehead atoms. The maximum atomic E-state index is 9.59. The van der Waals surface area contributed by atoms with Gasteiger partial charge in [0.1, 0.15) is 0 Å². The lowest BCUT2D eigenvalue weighted by molar-refractivity contribution is -0.0641. The van der Waals surface area contributed by atoms with Crippen molar-refractivity contribution >= 4 is 0 Å². The smallest absolute Gasteiger partial charge is 0.0999 e. The monoisotopic (exact) mass is 161 g/mol. The predicted octanol–water partition coefficient (Wildman–Crippen LogP) is 0.510. The van der Waals surface area contributed by atoms with Crippen LogP contribution in [0.15, 0.2) is 0 Å². The van der Waals surface area contributed by atoms with Gasteiger partial charge >= 0.3 is 0 Å². The van der Waals surface area contributed by atoms with E-state index in [0.29, 0.717) is 6.61 Å². The van der Waals surface area contributed by atoms with E-state index in [4.69, 9.17) is 10.5 Å². The minimum absolute atomic E-state index is 0.139. The molecule has 0 heterocycles. The fourth-order valence-corrected chi connectivity index (χ4v) is 0.467. The zero-order valence-electron chi connectivity index (χ0n) is 7.79. The van der Waals surface area contributed by atoms with Crippen LogP contribution < -0.4 is 5.73 Å². The average Bonchev–Trinajstić information content (AvgIpc) is 1.84. The molecule has 3 N–H and O–H groups in total. The maximum Gasteiger partial charge on any atom is 0.0999 e. The number of aliphatic hydroxyl groups is 1. The minimum Gasteiger partial charge on any atom is -0.386 e. The second kappa shape index (κ2) is 4.04. The van der Waals surface area contributed by atoms with E-state index in [9.17, 15) is 5.11 Å². The Balaban J connectivity index is 3.73. The van der Waals surface area contributed by atoms with Crippen molar-refractivity contribution in [3.8, 4) is 0 Å². The molecule has 11 heavy (non-hydrogen) atoms. The highest BCUT2D eigenvalue weighted by Gasteiger charge is 2.25. The lowest BCUT2D eigenvalue weighted by Crippen LogP contribution is -2.47. The van der Waals surface area contributed by atoms with E-state index in [-0.39, 0.29) is 12.1 Å². The quantitative estimate of drug-likeness (QED) is 0.631. The molecule has 68 valence electrons. The molecule has 3 nitrogen and oxygen atoms in total. The van der Waals surface area contributed by atoms with Gasteiger partial charge in [-0.15, -0.1) is 0 Å². The van der Waals surface area contributed by atoms with Crippen molar-refractivity contribution < 1.29 is 9.84 Å². The third-order valence-electron chi connectivity index (χ3n) is 1.69. The summed E-state index contributed by atoms with van der Waals surface area (Å²) in [6.07, 6.45) is 0.139. The summed E-state index contributed by atoms with van der Waals surface area (Å²) in [6, 6.07) is -0.263. The topological polar surface area (TPSA) is 55.5 Å². The molecule has 0 rings (SSSR count). The molecule has 2 atom stereocenters. The first-order valence-electron chi connectivity index (χ1n) is 3.96. The fourth-order valence-electron chi connectivity index (χ4n) is 0.467. The van der Waals surface area contributed by atoms with Crippen molar-refractivity contribution in [1.29, 1.82) is 0 Å². The number of nitrogens with two attached hydrogens (primary N) is 1. The Morgan fingerprint density at radius 2 is 1.91 bits per heavy atom. The molecule has 0 aliphatic carbocycles. The van der Waals surface area contributed by atoms with Crippen LogP contribution in [0.3, 0.4) is 0 Å². The molecule has 0 aromatic rings. The largest absolute Gasteiger partial charge is 0.386 e. The predicted molar refractivity (Wildman–Crippen MR) is 45.4 cm³/mol. The lowest BCUT2D eigenvalue weighted by atomic mass is 10.0. The molecule has 0 aliphatic rings. The average molecular weight is 161 g/mol. The Labute approximate surface area is 68.5 Å². The number of rotatable bonds is 4. The standard InChI is InChI=1S/C8H19NO2/c1-6(2)11-5-8(4,10)7(3)9/h6-7,10H,5,9H2,1-4H3. The first kappa shape index (κ1) is 10.9. The van der Waals surface area contributed by atoms with Crippen molar-refractivity contribution in [3.05, 3.63) is 0 Å². The fraction of sp³-hybridized carbons (Fsp3) is 1.00. The van der Waals surface area contributed by atoms with E-state index in [1.807, 2.05) is 13.8 Å². The molecule has 0 aliphatic heterocycles. The van der Waals surface area contributed by atoms with E-state index in [1.54, 1.807) is 13.8 Å². The van der Waals surface area contributed by atoms with Crippen LogP contribution in [0.1, 0.15) is 27.7 Å². The summed E-state index contributed by atoms with van der Waals surface area (Å²) in [5.41, 5.74) is 4.61. The van der Waals surface area contributed by atoms with Crippen molar-refractivity contribution in [1.82, 2.24) is 0 Å². The van der Waals surface area contributed by atoms with Crippen molar-refractivity contribution in [2.75, 3.05) is 6.61 Å². The van der Waals surface area contributed by atoms with Gasteiger partial charge in [0.15, 0.2) is 0 Å². The van der Waals surface area contributed by atoms with Crippen LogP contribution in [-0.2, 0) is 4.74 Å². The van der Waals surface area contributed by atoms with Gasteiger partial charge in [-0.3, -0.25) is 0 Å². The second-order valence-electron chi connectivity index (χ2n) is 3.51. The first-order valence-corrected chi connectivity index (χ1v) is 3.96. The molecule has 0 saturated carbocycles. The van der Waals surface area contributed by atoms with Crippen LogP contribution in [0.2, 0.25) is 0 Å². The summed E-state index contributed by atoms with van der Waals surface area (Å²) in [5.74, 6) is 0. The van der Waals surface area contributed by atoms with Crippen LogP contribution in [-0.4, -0.2) is 29.5 Å². The van der Waals surface area contributed by atoms with E-state index in [0.717, 1.165) is 0 Å². The highest BCUT2D eigenvalue weighted by molar-refractivity contribution is 4.81. The van der Waals surface area contributed by atoms with Crippen molar-refractivity contribution in [3.63, 3.8) is 0 Å². The zero-order valence-corrected chi connectivity index (χ0v) is 7.79. The maximum absolute atomic E-state index is 9.59. The molecule has 0 aromatic carbocycles. The van der Waals surface area contributed by atoms with Gasteiger partial charge < -0.3 is 15.6 Å². The van der Waals surface area contributed by atoms with Gasteiger partial charge in [-0.05, 0) is 27.7 Å². The normalized spacial score (nSPS) is 19.9. The summed E-state index contributed by atoms with van der Waals surface area (Å²) in [4.78, 5) is 0. The van der Waals surface area contributed by atoms with Crippen LogP contribution in [0, 0.1) is 0 Å². The van der Waals surface area contributed by atoms with Gasteiger partial charge in [-0.25, -0.2) is 0 Å². The number of hydrogen-bond donors (Lipinski definition) is 2. The highest BCUT2D eigenvalue weighted by atomic mass is 16.5. The Bertz CT molecular complexity index is 111. The second-order valence-corrected chi connectivity index (χ2v) is 3.51. The highest BCUT2D eigenvalue weighted by Crippen LogP contribution is 2.08. The molecule has 0 saturated heterocycles. The van der Waals surface area contributed by atoms with Gasteiger partial charge in [0, 0.05) is 6.04 Å². The molecular formula is C8H19NO2. The Morgan fingerprint density at radius 3 is 2.18 bits per heavy atom. The van der Waals surface area contributed by atoms with Gasteiger partial charge in [-0.1, -0.05) is 0 Å². The molecular weight excluding hydrogens is 142 g/mol. The molecule has 3 heteroatoms. The van der Waals surface area contributed by atoms with E-state index in [1.165, 1.54) is 0 Å². The van der Waals surface area contributed by atoms with Gasteiger partial charge in [0.2, 0.25) is 0 Å². The van der Waals surface area contributed by atoms with Crippen LogP contribution in [0.5, 0.6) is 0 Å². The molecule has 0 amide bonds. The van der Waals surface area contributed by atoms with E-state index >= 15 is 0 Å². The third kappa shape index (κ3) is 4.35. The summed E-state index contributed by atoms with van der Waals surface area (Å²) in [5, 5.41) is 9.59. The van der Waals surface area contributed by atoms with Gasteiger partial charge in [-0.2, -0.15) is 0 Å². The van der Waals surface area contributed by atoms with Crippen LogP contribution in [0.25, 0.3) is 0 Å². The third-order valence-corrected chi connectivity index (χ3v) is 1.69. The molecule has 0 fully saturated rings. The van der Waals surface area contributed by atoms with Crippen molar-refractivity contribution in [2.24, 2.45) is 5.73 Å². The SMILES string of the molecule is CC(C)OCC(C)(O)C(C)N. The van der Waals surface area contributed by atoms with Gasteiger partial charge in [0.05, 0.1) is 18.3 Å². The lowest BCUT2D eigenvalue weighted by Gasteiger charge is -2.27. The van der Waals surface area contributed by atoms with Crippen LogP contribution >= 0.6 is 0 Å². The Hall–Kier alpha value is -0.120. The van der Waals surface area contributed by atoms with E-state index < -0.39 is 5.60 Å². The minimum atomic E-state index is -0.912. The van der Waals surface area contributed by atoms with Crippen molar-refractivity contribution in [2.45, 2.75) is 45.4 Å². The molecule has 0 aromatic heterocycles.